The highest BCUT2D eigenvalue weighted by Gasteiger charge is 2.27. The van der Waals surface area contributed by atoms with Crippen molar-refractivity contribution < 1.29 is 9.84 Å². The lowest BCUT2D eigenvalue weighted by atomic mass is 10.1. The first-order chi connectivity index (χ1) is 13.7. The largest absolute Gasteiger partial charge is 0.389 e. The van der Waals surface area contributed by atoms with E-state index in [9.17, 15) is 5.11 Å². The number of pyridine rings is 1. The van der Waals surface area contributed by atoms with E-state index in [0.717, 1.165) is 69.3 Å². The number of hydrogen-bond acceptors (Lipinski definition) is 7. The molecule has 2 unspecified atom stereocenters. The molecule has 1 N–H and O–H groups in total. The summed E-state index contributed by atoms with van der Waals surface area (Å²) in [5.74, 6) is 1.65. The molecule has 0 bridgehead atoms. The molecular formula is C21H29N5O2. The fourth-order valence-electron chi connectivity index (χ4n) is 3.88. The van der Waals surface area contributed by atoms with E-state index in [-0.39, 0.29) is 6.10 Å². The molecule has 28 heavy (non-hydrogen) atoms. The van der Waals surface area contributed by atoms with Gasteiger partial charge in [-0.15, -0.1) is 0 Å². The molecule has 0 saturated carbocycles. The number of piperazine rings is 1. The Bertz CT molecular complexity index is 759. The monoisotopic (exact) mass is 383 g/mol. The summed E-state index contributed by atoms with van der Waals surface area (Å²) in [6.07, 6.45) is 4.28. The standard InChI is InChI=1S/C21H29N5O2/c1-2-16-14-20(24-21(23-16)17-6-3-4-8-22-17)26-11-9-25(10-12-26)15-18(27)19-7-5-13-28-19/h3-4,6,8,14,18-19,27H,2,5,7,9-13,15H2,1H3. The van der Waals surface area contributed by atoms with Crippen LogP contribution in [0, 0.1) is 0 Å². The van der Waals surface area contributed by atoms with E-state index in [2.05, 4.69) is 32.8 Å². The highest BCUT2D eigenvalue weighted by molar-refractivity contribution is 5.54. The van der Waals surface area contributed by atoms with Gasteiger partial charge in [0.1, 0.15) is 11.5 Å². The smallest absolute Gasteiger partial charge is 0.180 e. The van der Waals surface area contributed by atoms with Crippen LogP contribution < -0.4 is 4.90 Å². The van der Waals surface area contributed by atoms with E-state index in [4.69, 9.17) is 9.72 Å². The molecule has 2 aliphatic rings. The van der Waals surface area contributed by atoms with E-state index in [1.165, 1.54) is 0 Å². The molecule has 4 rings (SSSR count). The number of anilines is 1. The van der Waals surface area contributed by atoms with Gasteiger partial charge < -0.3 is 14.7 Å². The number of hydrogen-bond donors (Lipinski definition) is 1. The quantitative estimate of drug-likeness (QED) is 0.815. The van der Waals surface area contributed by atoms with Gasteiger partial charge in [-0.25, -0.2) is 9.97 Å². The van der Waals surface area contributed by atoms with Crippen molar-refractivity contribution in [2.75, 3.05) is 44.2 Å². The van der Waals surface area contributed by atoms with Crippen LogP contribution >= 0.6 is 0 Å². The Hall–Kier alpha value is -2.09. The summed E-state index contributed by atoms with van der Waals surface area (Å²) in [6.45, 7) is 7.17. The number of aliphatic hydroxyl groups excluding tert-OH is 1. The Kier molecular flexibility index (Phi) is 6.14. The van der Waals surface area contributed by atoms with Crippen molar-refractivity contribution in [3.05, 3.63) is 36.2 Å². The Morgan fingerprint density at radius 2 is 2.07 bits per heavy atom. The molecule has 2 saturated heterocycles. The van der Waals surface area contributed by atoms with Crippen molar-refractivity contribution >= 4 is 5.82 Å². The molecule has 2 aromatic rings. The number of nitrogens with zero attached hydrogens (tertiary/aromatic N) is 5. The molecular weight excluding hydrogens is 354 g/mol. The Labute approximate surface area is 166 Å². The summed E-state index contributed by atoms with van der Waals surface area (Å²) >= 11 is 0. The second kappa shape index (κ2) is 8.94. The van der Waals surface area contributed by atoms with E-state index in [1.54, 1.807) is 6.20 Å². The third-order valence-corrected chi connectivity index (χ3v) is 5.56. The van der Waals surface area contributed by atoms with Crippen LogP contribution in [-0.4, -0.2) is 76.5 Å². The summed E-state index contributed by atoms with van der Waals surface area (Å²) in [5, 5.41) is 10.4. The van der Waals surface area contributed by atoms with Crippen molar-refractivity contribution in [3.8, 4) is 11.5 Å². The summed E-state index contributed by atoms with van der Waals surface area (Å²) < 4.78 is 5.62. The number of aromatic nitrogens is 3. The zero-order valence-electron chi connectivity index (χ0n) is 16.5. The van der Waals surface area contributed by atoms with Crippen LogP contribution in [0.25, 0.3) is 11.5 Å². The van der Waals surface area contributed by atoms with Gasteiger partial charge in [-0.2, -0.15) is 0 Å². The maximum absolute atomic E-state index is 10.4. The Balaban J connectivity index is 1.41. The summed E-state index contributed by atoms with van der Waals surface area (Å²) in [6, 6.07) is 7.90. The molecule has 2 fully saturated rings. The molecule has 0 amide bonds. The van der Waals surface area contributed by atoms with Crippen molar-refractivity contribution in [3.63, 3.8) is 0 Å². The number of ether oxygens (including phenoxy) is 1. The number of aliphatic hydroxyl groups is 1. The zero-order chi connectivity index (χ0) is 19.3. The minimum Gasteiger partial charge on any atom is -0.389 e. The van der Waals surface area contributed by atoms with Gasteiger partial charge in [0.2, 0.25) is 0 Å². The lowest BCUT2D eigenvalue weighted by Gasteiger charge is -2.37. The van der Waals surface area contributed by atoms with Crippen LogP contribution in [0.15, 0.2) is 30.5 Å². The maximum Gasteiger partial charge on any atom is 0.180 e. The summed E-state index contributed by atoms with van der Waals surface area (Å²) in [7, 11) is 0. The first-order valence-electron chi connectivity index (χ1n) is 10.3. The topological polar surface area (TPSA) is 74.6 Å². The zero-order valence-corrected chi connectivity index (χ0v) is 16.5. The first kappa shape index (κ1) is 19.2. The van der Waals surface area contributed by atoms with Gasteiger partial charge in [0.25, 0.3) is 0 Å². The predicted molar refractivity (Wildman–Crippen MR) is 108 cm³/mol. The van der Waals surface area contributed by atoms with Gasteiger partial charge in [-0.3, -0.25) is 9.88 Å². The molecule has 2 aliphatic heterocycles. The highest BCUT2D eigenvalue weighted by atomic mass is 16.5. The lowest BCUT2D eigenvalue weighted by Crippen LogP contribution is -2.50. The molecule has 150 valence electrons. The van der Waals surface area contributed by atoms with Crippen molar-refractivity contribution in [2.24, 2.45) is 0 Å². The lowest BCUT2D eigenvalue weighted by molar-refractivity contribution is -0.0190. The van der Waals surface area contributed by atoms with E-state index >= 15 is 0 Å². The van der Waals surface area contributed by atoms with Gasteiger partial charge >= 0.3 is 0 Å². The van der Waals surface area contributed by atoms with E-state index < -0.39 is 6.10 Å². The second-order valence-corrected chi connectivity index (χ2v) is 7.52. The SMILES string of the molecule is CCc1cc(N2CCN(CC(O)C3CCCO3)CC2)nc(-c2ccccn2)n1. The number of rotatable bonds is 6. The molecule has 0 radical (unpaired) electrons. The molecule has 0 aromatic carbocycles. The first-order valence-corrected chi connectivity index (χ1v) is 10.3. The summed E-state index contributed by atoms with van der Waals surface area (Å²) in [5.41, 5.74) is 1.83. The second-order valence-electron chi connectivity index (χ2n) is 7.52. The van der Waals surface area contributed by atoms with E-state index in [0.29, 0.717) is 12.4 Å². The molecule has 2 atom stereocenters. The highest BCUT2D eigenvalue weighted by Crippen LogP contribution is 2.21. The normalized spacial score (nSPS) is 21.8. The van der Waals surface area contributed by atoms with Crippen LogP contribution in [0.2, 0.25) is 0 Å². The van der Waals surface area contributed by atoms with Crippen LogP contribution in [-0.2, 0) is 11.2 Å². The van der Waals surface area contributed by atoms with Gasteiger partial charge in [-0.1, -0.05) is 13.0 Å². The molecule has 7 heteroatoms. The maximum atomic E-state index is 10.4. The third kappa shape index (κ3) is 4.48. The van der Waals surface area contributed by atoms with Gasteiger partial charge in [0, 0.05) is 57.3 Å². The number of β-amino-alcohol motifs (C(OH)–C–C–N with tert-alkyl or cyclic N) is 1. The van der Waals surface area contributed by atoms with E-state index in [1.807, 2.05) is 18.2 Å². The minimum absolute atomic E-state index is 0.00735. The fourth-order valence-corrected chi connectivity index (χ4v) is 3.88. The molecule has 0 spiro atoms. The van der Waals surface area contributed by atoms with Gasteiger partial charge in [-0.05, 0) is 31.4 Å². The predicted octanol–water partition coefficient (Wildman–Crippen LogP) is 1.76. The van der Waals surface area contributed by atoms with Crippen LogP contribution in [0.4, 0.5) is 5.82 Å². The molecule has 0 aliphatic carbocycles. The molecule has 2 aromatic heterocycles. The van der Waals surface area contributed by atoms with Gasteiger partial charge in [0.15, 0.2) is 5.82 Å². The Morgan fingerprint density at radius 1 is 1.21 bits per heavy atom. The third-order valence-electron chi connectivity index (χ3n) is 5.56. The fraction of sp³-hybridized carbons (Fsp3) is 0.571. The summed E-state index contributed by atoms with van der Waals surface area (Å²) in [4.78, 5) is 18.5. The number of aryl methyl sites for hydroxylation is 1. The average Bonchev–Trinajstić information content (AvgIpc) is 3.30. The van der Waals surface area contributed by atoms with Crippen molar-refractivity contribution in [1.82, 2.24) is 19.9 Å². The van der Waals surface area contributed by atoms with Crippen LogP contribution in [0.3, 0.4) is 0 Å². The minimum atomic E-state index is -0.393. The molecule has 4 heterocycles. The van der Waals surface area contributed by atoms with Crippen molar-refractivity contribution in [2.45, 2.75) is 38.4 Å². The van der Waals surface area contributed by atoms with Crippen LogP contribution in [0.5, 0.6) is 0 Å². The average molecular weight is 383 g/mol. The molecule has 7 nitrogen and oxygen atoms in total. The van der Waals surface area contributed by atoms with Gasteiger partial charge in [0.05, 0.1) is 12.2 Å². The Morgan fingerprint density at radius 3 is 2.75 bits per heavy atom. The van der Waals surface area contributed by atoms with Crippen molar-refractivity contribution in [1.29, 1.82) is 0 Å². The van der Waals surface area contributed by atoms with Crippen LogP contribution in [0.1, 0.15) is 25.5 Å².